The van der Waals surface area contributed by atoms with E-state index in [1.165, 1.54) is 7.11 Å². The predicted molar refractivity (Wildman–Crippen MR) is 81.4 cm³/mol. The van der Waals surface area contributed by atoms with Crippen LogP contribution in [0.5, 0.6) is 0 Å². The minimum Gasteiger partial charge on any atom is -0.465 e. The highest BCUT2D eigenvalue weighted by molar-refractivity contribution is 5.97. The number of methoxy groups -OCH3 is 1. The fourth-order valence-electron chi connectivity index (χ4n) is 2.15. The molecule has 0 unspecified atom stereocenters. The van der Waals surface area contributed by atoms with Gasteiger partial charge in [-0.3, -0.25) is 0 Å². The highest BCUT2D eigenvalue weighted by Gasteiger charge is 2.12. The number of carbonyl (C=O) groups excluding carboxylic acids is 1. The summed E-state index contributed by atoms with van der Waals surface area (Å²) in [7, 11) is 1.35. The van der Waals surface area contributed by atoms with E-state index in [1.54, 1.807) is 18.2 Å². The number of hydrogen-bond acceptors (Lipinski definition) is 4. The molecule has 0 aliphatic rings. The van der Waals surface area contributed by atoms with Crippen LogP contribution in [0.2, 0.25) is 0 Å². The monoisotopic (exact) mass is 270 g/mol. The summed E-state index contributed by atoms with van der Waals surface area (Å²) in [6.45, 7) is 4.06. The molecule has 104 valence electrons. The summed E-state index contributed by atoms with van der Waals surface area (Å²) in [4.78, 5) is 11.8. The maximum Gasteiger partial charge on any atom is 0.340 e. The Morgan fingerprint density at radius 3 is 2.35 bits per heavy atom. The van der Waals surface area contributed by atoms with Crippen LogP contribution in [0.25, 0.3) is 0 Å². The van der Waals surface area contributed by atoms with E-state index in [2.05, 4.69) is 11.4 Å². The van der Waals surface area contributed by atoms with Crippen molar-refractivity contribution in [1.82, 2.24) is 0 Å². The van der Waals surface area contributed by atoms with Crippen LogP contribution >= 0.6 is 0 Å². The van der Waals surface area contributed by atoms with Gasteiger partial charge in [-0.05, 0) is 55.3 Å². The Kier molecular flexibility index (Phi) is 3.94. The molecule has 3 N–H and O–H groups in total. The molecule has 0 amide bonds. The molecule has 2 aromatic rings. The Bertz CT molecular complexity index is 631. The van der Waals surface area contributed by atoms with Crippen molar-refractivity contribution in [2.45, 2.75) is 13.8 Å². The largest absolute Gasteiger partial charge is 0.465 e. The highest BCUT2D eigenvalue weighted by atomic mass is 16.5. The number of benzene rings is 2. The van der Waals surface area contributed by atoms with Gasteiger partial charge in [-0.15, -0.1) is 0 Å². The van der Waals surface area contributed by atoms with Gasteiger partial charge >= 0.3 is 5.97 Å². The summed E-state index contributed by atoms with van der Waals surface area (Å²) in [5, 5.41) is 3.24. The number of nitrogens with two attached hydrogens (primary N) is 1. The van der Waals surface area contributed by atoms with Gasteiger partial charge in [0, 0.05) is 11.4 Å². The summed E-state index contributed by atoms with van der Waals surface area (Å²) < 4.78 is 4.78. The van der Waals surface area contributed by atoms with Gasteiger partial charge in [-0.1, -0.05) is 6.07 Å². The molecule has 4 heteroatoms. The molecule has 0 heterocycles. The molecule has 0 atom stereocenters. The van der Waals surface area contributed by atoms with Crippen molar-refractivity contribution in [3.05, 3.63) is 53.1 Å². The van der Waals surface area contributed by atoms with Crippen molar-refractivity contribution in [2.24, 2.45) is 0 Å². The first-order chi connectivity index (χ1) is 9.49. The maximum absolute atomic E-state index is 11.8. The van der Waals surface area contributed by atoms with E-state index < -0.39 is 5.97 Å². The normalized spacial score (nSPS) is 10.2. The molecule has 2 aromatic carbocycles. The summed E-state index contributed by atoms with van der Waals surface area (Å²) in [6, 6.07) is 11.3. The van der Waals surface area contributed by atoms with Gasteiger partial charge in [0.05, 0.1) is 18.4 Å². The molecular weight excluding hydrogens is 252 g/mol. The average Bonchev–Trinajstić information content (AvgIpc) is 2.38. The van der Waals surface area contributed by atoms with Crippen molar-refractivity contribution in [3.63, 3.8) is 0 Å². The number of nitrogens with one attached hydrogen (secondary N) is 1. The molecule has 0 fully saturated rings. The van der Waals surface area contributed by atoms with Crippen LogP contribution in [0.15, 0.2) is 36.4 Å². The third-order valence-electron chi connectivity index (χ3n) is 2.95. The molecule has 4 nitrogen and oxygen atoms in total. The number of hydrogen-bond donors (Lipinski definition) is 2. The number of esters is 1. The lowest BCUT2D eigenvalue weighted by atomic mass is 10.1. The number of aryl methyl sites for hydroxylation is 2. The van der Waals surface area contributed by atoms with Crippen LogP contribution in [0.1, 0.15) is 21.5 Å². The third-order valence-corrected chi connectivity index (χ3v) is 2.95. The van der Waals surface area contributed by atoms with Crippen molar-refractivity contribution in [2.75, 3.05) is 18.2 Å². The van der Waals surface area contributed by atoms with Crippen molar-refractivity contribution in [1.29, 1.82) is 0 Å². The van der Waals surface area contributed by atoms with Gasteiger partial charge in [0.15, 0.2) is 0 Å². The average molecular weight is 270 g/mol. The molecular formula is C16H18N2O2. The second kappa shape index (κ2) is 5.65. The first kappa shape index (κ1) is 13.9. The van der Waals surface area contributed by atoms with Crippen LogP contribution < -0.4 is 11.1 Å². The van der Waals surface area contributed by atoms with Crippen LogP contribution in [0, 0.1) is 13.8 Å². The molecule has 0 bridgehead atoms. The SMILES string of the molecule is COC(=O)c1cc(N)ccc1Nc1cc(C)cc(C)c1. The van der Waals surface area contributed by atoms with Crippen molar-refractivity contribution >= 4 is 23.0 Å². The zero-order chi connectivity index (χ0) is 14.7. The van der Waals surface area contributed by atoms with Gasteiger partial charge in [0.1, 0.15) is 0 Å². The summed E-state index contributed by atoms with van der Waals surface area (Å²) in [5.74, 6) is -0.413. The first-order valence-electron chi connectivity index (χ1n) is 6.33. The van der Waals surface area contributed by atoms with Crippen molar-refractivity contribution in [3.8, 4) is 0 Å². The number of carbonyl (C=O) groups is 1. The first-order valence-corrected chi connectivity index (χ1v) is 6.33. The fraction of sp³-hybridized carbons (Fsp3) is 0.188. The topological polar surface area (TPSA) is 64.3 Å². The highest BCUT2D eigenvalue weighted by Crippen LogP contribution is 2.25. The van der Waals surface area contributed by atoms with Crippen LogP contribution in [-0.4, -0.2) is 13.1 Å². The maximum atomic E-state index is 11.8. The summed E-state index contributed by atoms with van der Waals surface area (Å²) in [6.07, 6.45) is 0. The molecule has 20 heavy (non-hydrogen) atoms. The number of ether oxygens (including phenoxy) is 1. The summed E-state index contributed by atoms with van der Waals surface area (Å²) in [5.41, 5.74) is 10.6. The van der Waals surface area contributed by atoms with E-state index in [-0.39, 0.29) is 0 Å². The smallest absolute Gasteiger partial charge is 0.340 e. The van der Waals surface area contributed by atoms with E-state index in [0.29, 0.717) is 16.9 Å². The van der Waals surface area contributed by atoms with Gasteiger partial charge < -0.3 is 15.8 Å². The van der Waals surface area contributed by atoms with Crippen LogP contribution in [-0.2, 0) is 4.74 Å². The lowest BCUT2D eigenvalue weighted by Crippen LogP contribution is -2.06. The number of nitrogen functional groups attached to an aromatic ring is 1. The van der Waals surface area contributed by atoms with Crippen molar-refractivity contribution < 1.29 is 9.53 Å². The lowest BCUT2D eigenvalue weighted by Gasteiger charge is -2.12. The summed E-state index contributed by atoms with van der Waals surface area (Å²) >= 11 is 0. The minimum absolute atomic E-state index is 0.413. The molecule has 0 aromatic heterocycles. The van der Waals surface area contributed by atoms with E-state index in [0.717, 1.165) is 16.8 Å². The molecule has 0 radical (unpaired) electrons. The number of anilines is 3. The lowest BCUT2D eigenvalue weighted by molar-refractivity contribution is 0.0602. The molecule has 2 rings (SSSR count). The third kappa shape index (κ3) is 3.09. The molecule has 0 aliphatic heterocycles. The van der Waals surface area contributed by atoms with Gasteiger partial charge in [0.2, 0.25) is 0 Å². The van der Waals surface area contributed by atoms with E-state index >= 15 is 0 Å². The standard InChI is InChI=1S/C16H18N2O2/c1-10-6-11(2)8-13(7-10)18-15-5-4-12(17)9-14(15)16(19)20-3/h4-9,18H,17H2,1-3H3. The zero-order valence-electron chi connectivity index (χ0n) is 11.9. The van der Waals surface area contributed by atoms with E-state index in [4.69, 9.17) is 10.5 Å². The van der Waals surface area contributed by atoms with Crippen LogP contribution in [0.4, 0.5) is 17.1 Å². The number of rotatable bonds is 3. The molecule has 0 aliphatic carbocycles. The fourth-order valence-corrected chi connectivity index (χ4v) is 2.15. The van der Waals surface area contributed by atoms with Gasteiger partial charge in [-0.25, -0.2) is 4.79 Å². The molecule has 0 saturated carbocycles. The Labute approximate surface area is 118 Å². The Hall–Kier alpha value is -2.49. The van der Waals surface area contributed by atoms with Gasteiger partial charge in [-0.2, -0.15) is 0 Å². The second-order valence-corrected chi connectivity index (χ2v) is 4.80. The van der Waals surface area contributed by atoms with E-state index in [9.17, 15) is 4.79 Å². The minimum atomic E-state index is -0.413. The zero-order valence-corrected chi connectivity index (χ0v) is 11.9. The van der Waals surface area contributed by atoms with E-state index in [1.807, 2.05) is 26.0 Å². The molecule has 0 spiro atoms. The predicted octanol–water partition coefficient (Wildman–Crippen LogP) is 3.42. The second-order valence-electron chi connectivity index (χ2n) is 4.80. The van der Waals surface area contributed by atoms with Crippen LogP contribution in [0.3, 0.4) is 0 Å². The molecule has 0 saturated heterocycles. The Morgan fingerprint density at radius 2 is 1.75 bits per heavy atom. The Balaban J connectivity index is 2.40. The Morgan fingerprint density at radius 1 is 1.10 bits per heavy atom. The van der Waals surface area contributed by atoms with Gasteiger partial charge in [0.25, 0.3) is 0 Å². The quantitative estimate of drug-likeness (QED) is 0.662.